The summed E-state index contributed by atoms with van der Waals surface area (Å²) in [6.45, 7) is 7.69. The summed E-state index contributed by atoms with van der Waals surface area (Å²) in [6.07, 6.45) is -1.49. The van der Waals surface area contributed by atoms with Crippen LogP contribution in [0.3, 0.4) is 0 Å². The van der Waals surface area contributed by atoms with E-state index in [-0.39, 0.29) is 6.04 Å². The third-order valence-electron chi connectivity index (χ3n) is 7.20. The Morgan fingerprint density at radius 2 is 1.82 bits per heavy atom. The number of nitrogens with one attached hydrogen (secondary N) is 2. The molecule has 5 rings (SSSR count). The van der Waals surface area contributed by atoms with Crippen molar-refractivity contribution in [1.82, 2.24) is 4.90 Å². The van der Waals surface area contributed by atoms with Crippen LogP contribution in [0.25, 0.3) is 0 Å². The maximum atomic E-state index is 13.8. The lowest BCUT2D eigenvalue weighted by atomic mass is 9.94. The van der Waals surface area contributed by atoms with Gasteiger partial charge in [0.15, 0.2) is 0 Å². The standard InChI is InChI=1S/C25H32F3N5S/c1-15-11-16(2)33(15)19-3-4-20-22(14-19)34-23-13-17(25(26,27)28)12-21(24(23)31-20)30-18-5-8-32(9-6-18)10-7-29/h3-4,12-16,18,30-31H,5-11,29H2,1-2H3. The predicted molar refractivity (Wildman–Crippen MR) is 133 cm³/mol. The van der Waals surface area contributed by atoms with Crippen molar-refractivity contribution in [2.24, 2.45) is 5.73 Å². The average Bonchev–Trinajstić information content (AvgIpc) is 2.78. The number of fused-ring (bicyclic) bond motifs is 2. The lowest BCUT2D eigenvalue weighted by Gasteiger charge is -2.47. The molecule has 9 heteroatoms. The van der Waals surface area contributed by atoms with Crippen LogP contribution in [0.4, 0.5) is 35.9 Å². The van der Waals surface area contributed by atoms with Crippen LogP contribution in [0.2, 0.25) is 0 Å². The Labute approximate surface area is 203 Å². The molecule has 3 heterocycles. The van der Waals surface area contributed by atoms with Gasteiger partial charge in [0.2, 0.25) is 0 Å². The number of hydrogen-bond acceptors (Lipinski definition) is 6. The van der Waals surface area contributed by atoms with Gasteiger partial charge in [-0.15, -0.1) is 0 Å². The van der Waals surface area contributed by atoms with E-state index < -0.39 is 11.7 Å². The van der Waals surface area contributed by atoms with E-state index in [1.807, 2.05) is 6.07 Å². The van der Waals surface area contributed by atoms with Crippen molar-refractivity contribution in [3.8, 4) is 0 Å². The van der Waals surface area contributed by atoms with E-state index >= 15 is 0 Å². The number of rotatable bonds is 5. The molecule has 0 saturated carbocycles. The second kappa shape index (κ2) is 9.17. The second-order valence-electron chi connectivity index (χ2n) is 9.69. The number of piperidine rings is 1. The van der Waals surface area contributed by atoms with Crippen LogP contribution < -0.4 is 21.3 Å². The van der Waals surface area contributed by atoms with E-state index in [1.54, 1.807) is 0 Å². The van der Waals surface area contributed by atoms with Gasteiger partial charge in [-0.05, 0) is 63.4 Å². The molecule has 34 heavy (non-hydrogen) atoms. The summed E-state index contributed by atoms with van der Waals surface area (Å²) in [5, 5.41) is 6.87. The number of likely N-dealkylation sites (tertiary alicyclic amines) is 1. The van der Waals surface area contributed by atoms with Crippen molar-refractivity contribution >= 4 is 34.5 Å². The number of nitrogens with two attached hydrogens (primary N) is 1. The van der Waals surface area contributed by atoms with Crippen molar-refractivity contribution in [1.29, 1.82) is 0 Å². The van der Waals surface area contributed by atoms with Gasteiger partial charge in [0.1, 0.15) is 0 Å². The summed E-state index contributed by atoms with van der Waals surface area (Å²) in [7, 11) is 0. The molecule has 5 nitrogen and oxygen atoms in total. The maximum absolute atomic E-state index is 13.8. The first-order valence-electron chi connectivity index (χ1n) is 12.0. The minimum atomic E-state index is -4.40. The van der Waals surface area contributed by atoms with Gasteiger partial charge in [-0.1, -0.05) is 11.8 Å². The summed E-state index contributed by atoms with van der Waals surface area (Å²) in [6, 6.07) is 9.86. The number of hydrogen-bond donors (Lipinski definition) is 3. The van der Waals surface area contributed by atoms with Crippen molar-refractivity contribution in [3.63, 3.8) is 0 Å². The third-order valence-corrected chi connectivity index (χ3v) is 8.30. The van der Waals surface area contributed by atoms with Crippen LogP contribution in [0.1, 0.15) is 38.7 Å². The molecule has 0 amide bonds. The normalized spacial score (nSPS) is 23.1. The van der Waals surface area contributed by atoms with E-state index in [0.29, 0.717) is 29.2 Å². The maximum Gasteiger partial charge on any atom is 0.416 e. The molecule has 0 aromatic heterocycles. The molecule has 0 bridgehead atoms. The zero-order chi connectivity index (χ0) is 24.0. The van der Waals surface area contributed by atoms with Gasteiger partial charge < -0.3 is 26.2 Å². The Bertz CT molecular complexity index is 1040. The first-order valence-corrected chi connectivity index (χ1v) is 12.9. The van der Waals surface area contributed by atoms with Crippen LogP contribution in [0.15, 0.2) is 40.1 Å². The van der Waals surface area contributed by atoms with Crippen LogP contribution in [0.5, 0.6) is 0 Å². The SMILES string of the molecule is CC1CC(C)N1c1ccc2c(c1)Sc1cc(C(F)(F)F)cc(NC3CCN(CCN)CC3)c1N2. The first kappa shape index (κ1) is 23.6. The Kier molecular flexibility index (Phi) is 6.37. The number of nitrogens with zero attached hydrogens (tertiary/aromatic N) is 2. The fourth-order valence-corrected chi connectivity index (χ4v) is 6.54. The number of halogens is 3. The van der Waals surface area contributed by atoms with Gasteiger partial charge in [0.25, 0.3) is 0 Å². The van der Waals surface area contributed by atoms with E-state index in [4.69, 9.17) is 5.73 Å². The van der Waals surface area contributed by atoms with Crippen molar-refractivity contribution in [3.05, 3.63) is 35.9 Å². The molecule has 2 aromatic rings. The molecule has 184 valence electrons. The summed E-state index contributed by atoms with van der Waals surface area (Å²) in [5.74, 6) is 0. The molecule has 0 aliphatic carbocycles. The molecule has 2 saturated heterocycles. The van der Waals surface area contributed by atoms with Crippen LogP contribution in [0, 0.1) is 0 Å². The quantitative estimate of drug-likeness (QED) is 0.424. The van der Waals surface area contributed by atoms with Gasteiger partial charge in [-0.2, -0.15) is 13.2 Å². The highest BCUT2D eigenvalue weighted by atomic mass is 32.2. The average molecular weight is 492 g/mol. The van der Waals surface area contributed by atoms with E-state index in [9.17, 15) is 13.2 Å². The van der Waals surface area contributed by atoms with Gasteiger partial charge in [-0.25, -0.2) is 0 Å². The number of anilines is 4. The third kappa shape index (κ3) is 4.57. The van der Waals surface area contributed by atoms with E-state index in [0.717, 1.165) is 60.9 Å². The molecule has 3 aliphatic heterocycles. The lowest BCUT2D eigenvalue weighted by molar-refractivity contribution is -0.137. The Morgan fingerprint density at radius 3 is 2.47 bits per heavy atom. The minimum absolute atomic E-state index is 0.131. The van der Waals surface area contributed by atoms with Gasteiger partial charge in [0, 0.05) is 59.8 Å². The highest BCUT2D eigenvalue weighted by Gasteiger charge is 2.35. The highest BCUT2D eigenvalue weighted by Crippen LogP contribution is 2.51. The molecule has 2 fully saturated rings. The fourth-order valence-electron chi connectivity index (χ4n) is 5.44. The van der Waals surface area contributed by atoms with Crippen molar-refractivity contribution < 1.29 is 13.2 Å². The molecule has 0 radical (unpaired) electrons. The minimum Gasteiger partial charge on any atom is -0.380 e. The zero-order valence-electron chi connectivity index (χ0n) is 19.6. The van der Waals surface area contributed by atoms with E-state index in [2.05, 4.69) is 46.4 Å². The Balaban J connectivity index is 1.42. The smallest absolute Gasteiger partial charge is 0.380 e. The van der Waals surface area contributed by atoms with Crippen LogP contribution >= 0.6 is 11.8 Å². The topological polar surface area (TPSA) is 56.6 Å². The molecule has 2 aromatic carbocycles. The molecular weight excluding hydrogens is 459 g/mol. The first-order chi connectivity index (χ1) is 16.2. The van der Waals surface area contributed by atoms with Crippen molar-refractivity contribution in [2.75, 3.05) is 41.7 Å². The molecule has 4 N–H and O–H groups in total. The zero-order valence-corrected chi connectivity index (χ0v) is 20.4. The number of benzene rings is 2. The highest BCUT2D eigenvalue weighted by molar-refractivity contribution is 7.99. The lowest BCUT2D eigenvalue weighted by Crippen LogP contribution is -2.53. The monoisotopic (exact) mass is 491 g/mol. The molecule has 2 unspecified atom stereocenters. The Hall–Kier alpha value is -2.10. The van der Waals surface area contributed by atoms with Gasteiger partial charge >= 0.3 is 6.18 Å². The van der Waals surface area contributed by atoms with Crippen molar-refractivity contribution in [2.45, 2.75) is 67.2 Å². The summed E-state index contributed by atoms with van der Waals surface area (Å²) < 4.78 is 41.3. The second-order valence-corrected chi connectivity index (χ2v) is 10.8. The largest absolute Gasteiger partial charge is 0.416 e. The van der Waals surface area contributed by atoms with E-state index in [1.165, 1.54) is 23.9 Å². The number of alkyl halides is 3. The fraction of sp³-hybridized carbons (Fsp3) is 0.520. The predicted octanol–water partition coefficient (Wildman–Crippen LogP) is 5.74. The summed E-state index contributed by atoms with van der Waals surface area (Å²) in [4.78, 5) is 6.23. The molecule has 2 atom stereocenters. The van der Waals surface area contributed by atoms with Crippen LogP contribution in [-0.4, -0.2) is 49.2 Å². The summed E-state index contributed by atoms with van der Waals surface area (Å²) >= 11 is 1.41. The Morgan fingerprint density at radius 1 is 1.09 bits per heavy atom. The van der Waals surface area contributed by atoms with Crippen LogP contribution in [-0.2, 0) is 6.18 Å². The molecule has 3 aliphatic rings. The molecular formula is C25H32F3N5S. The molecule has 0 spiro atoms. The van der Waals surface area contributed by atoms with Gasteiger partial charge in [-0.3, -0.25) is 0 Å². The summed E-state index contributed by atoms with van der Waals surface area (Å²) in [5.41, 5.74) is 8.35. The van der Waals surface area contributed by atoms with Gasteiger partial charge in [0.05, 0.1) is 22.6 Å².